The van der Waals surface area contributed by atoms with E-state index in [9.17, 15) is 33.0 Å². The molecule has 0 bridgehead atoms. The molecule has 8 N–H and O–H groups in total. The lowest BCUT2D eigenvalue weighted by Gasteiger charge is -2.53. The number of nitrogens with zero attached hydrogens (tertiary/aromatic N) is 8. The van der Waals surface area contributed by atoms with Gasteiger partial charge >= 0.3 is 5.97 Å². The first kappa shape index (κ1) is 30.9. The third-order valence-corrected chi connectivity index (χ3v) is 11.5. The summed E-state index contributed by atoms with van der Waals surface area (Å²) in [5, 5.41) is 22.9. The number of anilines is 3. The number of aliphatic hydroxyl groups is 1. The van der Waals surface area contributed by atoms with Gasteiger partial charge in [-0.25, -0.2) is 28.4 Å². The number of aromatic nitrogens is 6. The summed E-state index contributed by atoms with van der Waals surface area (Å²) in [5.74, 6) is -1.86. The number of sulfone groups is 1. The van der Waals surface area contributed by atoms with Crippen molar-refractivity contribution in [3.05, 3.63) is 23.0 Å². The lowest BCUT2D eigenvalue weighted by molar-refractivity contribution is -0.144. The van der Waals surface area contributed by atoms with E-state index in [0.717, 1.165) is 0 Å². The average molecular weight is 673 g/mol. The van der Waals surface area contributed by atoms with E-state index >= 15 is 0 Å². The van der Waals surface area contributed by atoms with Crippen LogP contribution in [0.15, 0.2) is 22.4 Å². The number of ether oxygens (including phenoxy) is 1. The smallest absolute Gasteiger partial charge is 0.320 e. The molecule has 4 aliphatic rings. The van der Waals surface area contributed by atoms with E-state index in [0.29, 0.717) is 11.2 Å². The number of rotatable bonds is 8. The standard InChI is InChI=1S/C26H32N12O8S/c1-26-17(32-16-19(35-26)33-25(28)34-21(16)40)22(41)38(26)5-4-36-3-2-12(7-13(36)24(42)43)47(44,45)8-11-6-14(39)23(46-11)37-10-31-15-18(27)29-9-30-20(15)37/h9-14,23,39H,2-8H2,1H3,(H,42,43)(H2,27,29,30)(H4,28,33,34,35,40)/t11-,12?,13?,14?,23+,26?/m0/s1. The quantitative estimate of drug-likeness (QED) is 0.139. The van der Waals surface area contributed by atoms with E-state index in [2.05, 4.69) is 35.2 Å². The van der Waals surface area contributed by atoms with Crippen LogP contribution in [0.1, 0.15) is 32.4 Å². The zero-order valence-electron chi connectivity index (χ0n) is 25.0. The van der Waals surface area contributed by atoms with Crippen LogP contribution < -0.4 is 22.3 Å². The highest BCUT2D eigenvalue weighted by molar-refractivity contribution is 7.92. The van der Waals surface area contributed by atoms with Gasteiger partial charge in [0.1, 0.15) is 24.0 Å². The largest absolute Gasteiger partial charge is 0.480 e. The van der Waals surface area contributed by atoms with Crippen LogP contribution in [0.2, 0.25) is 0 Å². The molecular formula is C26H32N12O8S. The van der Waals surface area contributed by atoms with Crippen molar-refractivity contribution in [2.45, 2.75) is 61.6 Å². The lowest BCUT2D eigenvalue weighted by Crippen LogP contribution is -2.75. The summed E-state index contributed by atoms with van der Waals surface area (Å²) in [7, 11) is -3.85. The Morgan fingerprint density at radius 3 is 2.74 bits per heavy atom. The third-order valence-electron chi connectivity index (χ3n) is 9.26. The number of imidazole rings is 1. The van der Waals surface area contributed by atoms with Crippen molar-refractivity contribution < 1.29 is 33.0 Å². The number of piperidine rings is 1. The molecule has 7 heterocycles. The predicted molar refractivity (Wildman–Crippen MR) is 164 cm³/mol. The van der Waals surface area contributed by atoms with E-state index in [1.54, 1.807) is 11.8 Å². The van der Waals surface area contributed by atoms with E-state index in [4.69, 9.17) is 16.2 Å². The SMILES string of the molecule is CC12Nc3nc(N)[nH]c(=O)c3N=C1C(=O)N2CCN1CCC(S(=O)(=O)C[C@@H]2CC(O)[C@H](n3cnc4c(N)ncnc43)O2)CC1C(=O)O. The fourth-order valence-electron chi connectivity index (χ4n) is 6.84. The summed E-state index contributed by atoms with van der Waals surface area (Å²) in [6.07, 6.45) is -0.144. The first-order chi connectivity index (χ1) is 22.3. The summed E-state index contributed by atoms with van der Waals surface area (Å²) in [6.45, 7) is 2.09. The number of aliphatic hydroxyl groups excluding tert-OH is 1. The highest BCUT2D eigenvalue weighted by atomic mass is 32.2. The van der Waals surface area contributed by atoms with Crippen molar-refractivity contribution in [1.82, 2.24) is 39.3 Å². The number of aliphatic imine (C=N–C) groups is 1. The Balaban J connectivity index is 0.991. The minimum absolute atomic E-state index is 0.0360. The van der Waals surface area contributed by atoms with Gasteiger partial charge in [0.05, 0.1) is 23.4 Å². The molecule has 6 atom stereocenters. The van der Waals surface area contributed by atoms with Gasteiger partial charge in [-0.05, 0) is 19.8 Å². The molecule has 47 heavy (non-hydrogen) atoms. The maximum atomic E-state index is 13.5. The summed E-state index contributed by atoms with van der Waals surface area (Å²) in [4.78, 5) is 63.4. The summed E-state index contributed by atoms with van der Waals surface area (Å²) in [5.41, 5.74) is 10.5. The average Bonchev–Trinajstić information content (AvgIpc) is 3.59. The zero-order valence-corrected chi connectivity index (χ0v) is 25.8. The van der Waals surface area contributed by atoms with Crippen LogP contribution in [0.4, 0.5) is 23.3 Å². The molecule has 0 aromatic carbocycles. The van der Waals surface area contributed by atoms with Crippen LogP contribution in [0, 0.1) is 0 Å². The van der Waals surface area contributed by atoms with Gasteiger partial charge in [0.15, 0.2) is 50.4 Å². The van der Waals surface area contributed by atoms with Crippen LogP contribution in [-0.4, -0.2) is 130 Å². The molecule has 250 valence electrons. The Labute approximate surface area is 265 Å². The summed E-state index contributed by atoms with van der Waals surface area (Å²) < 4.78 is 34.5. The van der Waals surface area contributed by atoms with Gasteiger partial charge in [-0.1, -0.05) is 0 Å². The second kappa shape index (κ2) is 10.9. The van der Waals surface area contributed by atoms with Crippen LogP contribution in [0.25, 0.3) is 11.2 Å². The molecule has 0 aliphatic carbocycles. The van der Waals surface area contributed by atoms with Crippen molar-refractivity contribution >= 4 is 61.9 Å². The first-order valence-electron chi connectivity index (χ1n) is 14.8. The highest BCUT2D eigenvalue weighted by Gasteiger charge is 2.57. The number of carboxylic acid groups (broad SMARTS) is 1. The highest BCUT2D eigenvalue weighted by Crippen LogP contribution is 2.39. The normalized spacial score (nSPS) is 29.1. The molecule has 7 rings (SSSR count). The lowest BCUT2D eigenvalue weighted by atomic mass is 9.90. The van der Waals surface area contributed by atoms with Gasteiger partial charge in [0, 0.05) is 26.1 Å². The number of hydrogen-bond acceptors (Lipinski definition) is 16. The van der Waals surface area contributed by atoms with E-state index in [-0.39, 0.29) is 67.9 Å². The molecular weight excluding hydrogens is 640 g/mol. The molecule has 3 fully saturated rings. The summed E-state index contributed by atoms with van der Waals surface area (Å²) >= 11 is 0. The summed E-state index contributed by atoms with van der Waals surface area (Å²) in [6, 6.07) is -1.12. The number of β-lactam (4-membered cyclic amide) rings is 1. The Hall–Kier alpha value is -4.73. The van der Waals surface area contributed by atoms with E-state index in [1.807, 2.05) is 0 Å². The molecule has 4 unspecified atom stereocenters. The Kier molecular flexibility index (Phi) is 7.18. The number of aliphatic carboxylic acids is 1. The number of nitrogens with two attached hydrogens (primary N) is 2. The van der Waals surface area contributed by atoms with Gasteiger partial charge in [0.25, 0.3) is 11.5 Å². The van der Waals surface area contributed by atoms with Gasteiger partial charge in [-0.3, -0.25) is 28.8 Å². The number of carbonyl (C=O) groups is 2. The zero-order chi connectivity index (χ0) is 33.4. The fraction of sp³-hybridized carbons (Fsp3) is 0.538. The number of nitrogen functional groups attached to an aromatic ring is 2. The van der Waals surface area contributed by atoms with Gasteiger partial charge < -0.3 is 36.6 Å². The van der Waals surface area contributed by atoms with Gasteiger partial charge in [-0.2, -0.15) is 4.98 Å². The number of likely N-dealkylation sites (tertiary alicyclic amines) is 2. The van der Waals surface area contributed by atoms with E-state index in [1.165, 1.54) is 22.1 Å². The van der Waals surface area contributed by atoms with Crippen molar-refractivity contribution in [2.75, 3.05) is 42.2 Å². The Morgan fingerprint density at radius 1 is 1.19 bits per heavy atom. The molecule has 3 saturated heterocycles. The van der Waals surface area contributed by atoms with Crippen LogP contribution in [0.5, 0.6) is 0 Å². The number of nitrogens with one attached hydrogen (secondary N) is 2. The topological polar surface area (TPSA) is 290 Å². The number of H-pyrrole nitrogens is 1. The van der Waals surface area contributed by atoms with E-state index < -0.39 is 68.4 Å². The minimum Gasteiger partial charge on any atom is -0.480 e. The maximum absolute atomic E-state index is 13.5. The van der Waals surface area contributed by atoms with Crippen LogP contribution in [-0.2, 0) is 24.2 Å². The van der Waals surface area contributed by atoms with Crippen molar-refractivity contribution in [3.8, 4) is 0 Å². The number of aromatic amines is 1. The first-order valence-corrected chi connectivity index (χ1v) is 16.5. The third kappa shape index (κ3) is 5.05. The van der Waals surface area contributed by atoms with Crippen LogP contribution in [0.3, 0.4) is 0 Å². The molecule has 20 nitrogen and oxygen atoms in total. The van der Waals surface area contributed by atoms with Crippen molar-refractivity contribution in [3.63, 3.8) is 0 Å². The maximum Gasteiger partial charge on any atom is 0.320 e. The Morgan fingerprint density at radius 2 is 1.98 bits per heavy atom. The number of carboxylic acids is 1. The molecule has 3 aromatic heterocycles. The van der Waals surface area contributed by atoms with Gasteiger partial charge in [-0.15, -0.1) is 0 Å². The Bertz CT molecular complexity index is 2000. The monoisotopic (exact) mass is 672 g/mol. The molecule has 4 aliphatic heterocycles. The molecule has 0 radical (unpaired) electrons. The predicted octanol–water partition coefficient (Wildman–Crippen LogP) is -2.19. The van der Waals surface area contributed by atoms with Gasteiger partial charge in [0.2, 0.25) is 5.95 Å². The molecule has 0 saturated carbocycles. The number of carbonyl (C=O) groups excluding carboxylic acids is 1. The van der Waals surface area contributed by atoms with Crippen molar-refractivity contribution in [2.24, 2.45) is 4.99 Å². The number of hydrogen-bond donors (Lipinski definition) is 6. The minimum atomic E-state index is -3.85. The van der Waals surface area contributed by atoms with Crippen LogP contribution >= 0.6 is 0 Å². The fourth-order valence-corrected chi connectivity index (χ4v) is 8.79. The number of fused-ring (bicyclic) bond motifs is 3. The number of amides is 1. The molecule has 1 amide bonds. The molecule has 21 heteroatoms. The second-order valence-electron chi connectivity index (χ2n) is 12.2. The molecule has 3 aromatic rings. The van der Waals surface area contributed by atoms with Crippen molar-refractivity contribution in [1.29, 1.82) is 0 Å². The molecule has 0 spiro atoms. The second-order valence-corrected chi connectivity index (χ2v) is 14.5.